The average Bonchev–Trinajstić information content (AvgIpc) is 2.30. The molecule has 0 aromatic heterocycles. The molecule has 79 valence electrons. The minimum absolute atomic E-state index is 0. The minimum Gasteiger partial charge on any atom is -0.374 e. The van der Waals surface area contributed by atoms with Crippen LogP contribution in [0.1, 0.15) is 34.1 Å². The van der Waals surface area contributed by atoms with E-state index < -0.39 is 0 Å². The van der Waals surface area contributed by atoms with E-state index in [-0.39, 0.29) is 44.0 Å². The summed E-state index contributed by atoms with van der Waals surface area (Å²) >= 11 is 0. The van der Waals surface area contributed by atoms with E-state index in [0.717, 1.165) is 0 Å². The molecule has 0 aliphatic carbocycles. The van der Waals surface area contributed by atoms with E-state index in [2.05, 4.69) is 34.1 Å². The van der Waals surface area contributed by atoms with E-state index in [1.807, 2.05) is 11.9 Å². The maximum absolute atomic E-state index is 11.3. The Kier molecular flexibility index (Phi) is 5.28. The van der Waals surface area contributed by atoms with Gasteiger partial charge >= 0.3 is 0 Å². The van der Waals surface area contributed by atoms with Crippen LogP contribution in [0.2, 0.25) is 0 Å². The summed E-state index contributed by atoms with van der Waals surface area (Å²) in [6.45, 7) is 8.89. The minimum atomic E-state index is 0. The molecule has 1 heterocycles. The van der Waals surface area contributed by atoms with Gasteiger partial charge in [0.25, 0.3) is 0 Å². The van der Waals surface area contributed by atoms with Gasteiger partial charge in [0, 0.05) is 39.8 Å². The molecule has 1 rings (SSSR count). The van der Waals surface area contributed by atoms with Gasteiger partial charge < -0.3 is 4.90 Å². The Hall–Kier alpha value is 0.574. The molecule has 1 amide bonds. The van der Waals surface area contributed by atoms with Crippen molar-refractivity contribution in [2.75, 3.05) is 7.05 Å². The number of carbonyl (C=O) groups excluding carboxylic acids is 1. The third kappa shape index (κ3) is 3.03. The molecule has 0 saturated carbocycles. The third-order valence-corrected chi connectivity index (χ3v) is 3.25. The van der Waals surface area contributed by atoms with Crippen molar-refractivity contribution in [2.24, 2.45) is 11.3 Å². The van der Waals surface area contributed by atoms with E-state index in [4.69, 9.17) is 0 Å². The van der Waals surface area contributed by atoms with Gasteiger partial charge in [-0.05, 0) is 11.3 Å². The predicted octanol–water partition coefficient (Wildman–Crippen LogP) is 2.10. The Morgan fingerprint density at radius 2 is 2.00 bits per heavy atom. The number of likely N-dealkylation sites (tertiary alicyclic amines) is 1. The Labute approximate surface area is 113 Å². The molecule has 0 N–H and O–H groups in total. The fourth-order valence-electron chi connectivity index (χ4n) is 1.74. The topological polar surface area (TPSA) is 20.3 Å². The Balaban J connectivity index is 0.00000169. The first-order chi connectivity index (χ1) is 5.84. The van der Waals surface area contributed by atoms with Gasteiger partial charge in [0.2, 0.25) is 0 Å². The second-order valence-electron chi connectivity index (χ2n) is 5.09. The first-order valence-corrected chi connectivity index (χ1v) is 4.93. The number of nitrogens with zero attached hydrogens (tertiary/aromatic N) is 1. The molecule has 2 atom stereocenters. The predicted molar refractivity (Wildman–Crippen MR) is 54.1 cm³/mol. The van der Waals surface area contributed by atoms with Gasteiger partial charge in [-0.25, -0.2) is 0 Å². The number of carbonyl (C=O) groups is 1. The van der Waals surface area contributed by atoms with Crippen molar-refractivity contribution in [1.82, 2.24) is 4.90 Å². The summed E-state index contributed by atoms with van der Waals surface area (Å²) < 4.78 is 0. The average molecular weight is 271 g/mol. The number of hydrogen-bond acceptors (Lipinski definition) is 1. The largest absolute Gasteiger partial charge is 0.374 e. The summed E-state index contributed by atoms with van der Waals surface area (Å²) in [7, 11) is 1.90. The molecule has 3 heteroatoms. The summed E-state index contributed by atoms with van der Waals surface area (Å²) in [5, 5.41) is 0. The fourth-order valence-corrected chi connectivity index (χ4v) is 1.74. The summed E-state index contributed by atoms with van der Waals surface area (Å²) in [6, 6.07) is 0.326. The standard InChI is InChI=1S/C11H20NO.Y/c1-8(11(2,3)4)9-6-7-10(13)12(9)5;/h6,8-9H,7H2,1-5H3;/q-1;/t8-,9-;/m1./s1. The fraction of sp³-hybridized carbons (Fsp3) is 0.818. The van der Waals surface area contributed by atoms with Gasteiger partial charge in [0.1, 0.15) is 0 Å². The van der Waals surface area contributed by atoms with Gasteiger partial charge in [-0.2, -0.15) is 0 Å². The van der Waals surface area contributed by atoms with Crippen LogP contribution in [0, 0.1) is 17.8 Å². The molecular formula is C11H20NOY-. The molecular weight excluding hydrogens is 251 g/mol. The van der Waals surface area contributed by atoms with Gasteiger partial charge in [0.15, 0.2) is 5.91 Å². The van der Waals surface area contributed by atoms with Gasteiger partial charge in [-0.15, -0.1) is 0 Å². The normalized spacial score (nSPS) is 24.8. The van der Waals surface area contributed by atoms with Crippen LogP contribution in [0.5, 0.6) is 0 Å². The molecule has 1 radical (unpaired) electrons. The number of rotatable bonds is 1. The Morgan fingerprint density at radius 1 is 1.50 bits per heavy atom. The van der Waals surface area contributed by atoms with Crippen LogP contribution in [0.3, 0.4) is 0 Å². The summed E-state index contributed by atoms with van der Waals surface area (Å²) in [5.41, 5.74) is 0.264. The van der Waals surface area contributed by atoms with Crippen molar-refractivity contribution in [2.45, 2.75) is 40.2 Å². The molecule has 1 saturated heterocycles. The van der Waals surface area contributed by atoms with E-state index in [0.29, 0.717) is 18.4 Å². The van der Waals surface area contributed by atoms with E-state index in [1.165, 1.54) is 0 Å². The molecule has 1 aliphatic heterocycles. The molecule has 0 spiro atoms. The molecule has 2 nitrogen and oxygen atoms in total. The van der Waals surface area contributed by atoms with Crippen LogP contribution >= 0.6 is 0 Å². The third-order valence-electron chi connectivity index (χ3n) is 3.25. The van der Waals surface area contributed by atoms with Crippen molar-refractivity contribution >= 4 is 5.91 Å². The smallest absolute Gasteiger partial charge is 0.190 e. The van der Waals surface area contributed by atoms with Gasteiger partial charge in [-0.1, -0.05) is 40.2 Å². The maximum atomic E-state index is 11.3. The second-order valence-corrected chi connectivity index (χ2v) is 5.09. The zero-order valence-electron chi connectivity index (χ0n) is 9.87. The zero-order chi connectivity index (χ0) is 10.2. The molecule has 0 unspecified atom stereocenters. The van der Waals surface area contributed by atoms with Crippen molar-refractivity contribution in [3.8, 4) is 0 Å². The first-order valence-electron chi connectivity index (χ1n) is 4.93. The van der Waals surface area contributed by atoms with Crippen molar-refractivity contribution in [3.63, 3.8) is 0 Å². The second kappa shape index (κ2) is 5.07. The van der Waals surface area contributed by atoms with Crippen LogP contribution in [-0.4, -0.2) is 23.9 Å². The van der Waals surface area contributed by atoms with E-state index in [9.17, 15) is 4.79 Å². The van der Waals surface area contributed by atoms with Gasteiger partial charge in [-0.3, -0.25) is 11.2 Å². The molecule has 0 aromatic rings. The number of hydrogen-bond donors (Lipinski definition) is 0. The van der Waals surface area contributed by atoms with Crippen LogP contribution in [-0.2, 0) is 37.5 Å². The first kappa shape index (κ1) is 14.6. The van der Waals surface area contributed by atoms with E-state index in [1.54, 1.807) is 0 Å². The van der Waals surface area contributed by atoms with Crippen LogP contribution in [0.25, 0.3) is 0 Å². The Morgan fingerprint density at radius 3 is 2.29 bits per heavy atom. The van der Waals surface area contributed by atoms with Crippen LogP contribution in [0.15, 0.2) is 0 Å². The summed E-state index contributed by atoms with van der Waals surface area (Å²) in [5.74, 6) is 0.769. The molecule has 0 aromatic carbocycles. The Bertz CT molecular complexity index is 210. The summed E-state index contributed by atoms with van der Waals surface area (Å²) in [6.07, 6.45) is 2.75. The van der Waals surface area contributed by atoms with Crippen molar-refractivity contribution < 1.29 is 37.5 Å². The SMILES string of the molecule is C[C@H]([C@H]1[CH-]CC(=O)N1C)C(C)(C)C.[Y]. The maximum Gasteiger partial charge on any atom is 0.190 e. The number of amides is 1. The quantitative estimate of drug-likeness (QED) is 0.669. The van der Waals surface area contributed by atoms with Crippen molar-refractivity contribution in [1.29, 1.82) is 0 Å². The zero-order valence-corrected chi connectivity index (χ0v) is 12.7. The molecule has 0 bridgehead atoms. The molecule has 1 fully saturated rings. The van der Waals surface area contributed by atoms with Crippen LogP contribution in [0.4, 0.5) is 0 Å². The van der Waals surface area contributed by atoms with Crippen LogP contribution < -0.4 is 0 Å². The monoisotopic (exact) mass is 271 g/mol. The molecule has 1 aliphatic rings. The molecule has 14 heavy (non-hydrogen) atoms. The van der Waals surface area contributed by atoms with Crippen molar-refractivity contribution in [3.05, 3.63) is 6.42 Å². The van der Waals surface area contributed by atoms with Gasteiger partial charge in [0.05, 0.1) is 0 Å². The van der Waals surface area contributed by atoms with E-state index >= 15 is 0 Å². The summed E-state index contributed by atoms with van der Waals surface area (Å²) in [4.78, 5) is 13.2.